The number of ether oxygens (including phenoxy) is 1. The third kappa shape index (κ3) is 4.83. The Hall–Kier alpha value is -3.93. The van der Waals surface area contributed by atoms with E-state index in [0.717, 1.165) is 16.9 Å². The van der Waals surface area contributed by atoms with Gasteiger partial charge in [-0.15, -0.1) is 0 Å². The molecule has 3 aromatic heterocycles. The fourth-order valence-corrected chi connectivity index (χ4v) is 4.52. The van der Waals surface area contributed by atoms with Crippen molar-refractivity contribution < 1.29 is 13.2 Å². The summed E-state index contributed by atoms with van der Waals surface area (Å²) in [5.41, 5.74) is 2.91. The molecule has 0 atom stereocenters. The zero-order chi connectivity index (χ0) is 25.3. The summed E-state index contributed by atoms with van der Waals surface area (Å²) < 4.78 is 32.4. The first-order valence-electron chi connectivity index (χ1n) is 10.9. The molecule has 35 heavy (non-hydrogen) atoms. The summed E-state index contributed by atoms with van der Waals surface area (Å²) in [4.78, 5) is 11.5. The maximum Gasteiger partial charge on any atom is 0.232 e. The van der Waals surface area contributed by atoms with E-state index in [1.807, 2.05) is 33.3 Å². The lowest BCUT2D eigenvalue weighted by Crippen LogP contribution is -2.16. The normalized spacial score (nSPS) is 11.6. The molecule has 0 aliphatic heterocycles. The van der Waals surface area contributed by atoms with Crippen molar-refractivity contribution in [3.8, 4) is 17.0 Å². The van der Waals surface area contributed by atoms with E-state index in [1.165, 1.54) is 0 Å². The Morgan fingerprint density at radius 3 is 2.43 bits per heavy atom. The van der Waals surface area contributed by atoms with Gasteiger partial charge in [0.1, 0.15) is 5.69 Å². The van der Waals surface area contributed by atoms with Gasteiger partial charge in [-0.2, -0.15) is 15.2 Å². The van der Waals surface area contributed by atoms with Crippen LogP contribution in [-0.4, -0.2) is 57.8 Å². The number of aromatic nitrogens is 6. The molecule has 0 unspecified atom stereocenters. The van der Waals surface area contributed by atoms with Gasteiger partial charge in [-0.05, 0) is 45.0 Å². The lowest BCUT2D eigenvalue weighted by Gasteiger charge is -2.21. The predicted octanol–water partition coefficient (Wildman–Crippen LogP) is 3.61. The van der Waals surface area contributed by atoms with Gasteiger partial charge >= 0.3 is 0 Å². The Morgan fingerprint density at radius 1 is 1.17 bits per heavy atom. The van der Waals surface area contributed by atoms with E-state index < -0.39 is 15.1 Å². The van der Waals surface area contributed by atoms with Crippen LogP contribution in [0.5, 0.6) is 5.75 Å². The third-order valence-corrected chi connectivity index (χ3v) is 7.63. The van der Waals surface area contributed by atoms with Crippen LogP contribution in [0, 0.1) is 6.92 Å². The van der Waals surface area contributed by atoms with Crippen molar-refractivity contribution in [1.82, 2.24) is 29.9 Å². The number of sulfone groups is 1. The first-order valence-corrected chi connectivity index (χ1v) is 12.5. The van der Waals surface area contributed by atoms with Crippen molar-refractivity contribution in [2.75, 3.05) is 24.4 Å². The number of anilines is 4. The number of hydrogen-bond acceptors (Lipinski definition) is 9. The van der Waals surface area contributed by atoms with Crippen molar-refractivity contribution >= 4 is 33.1 Å². The fraction of sp³-hybridized carbons (Fsp3) is 0.304. The maximum absolute atomic E-state index is 12.5. The highest BCUT2D eigenvalue weighted by atomic mass is 32.2. The molecule has 184 valence electrons. The lowest BCUT2D eigenvalue weighted by molar-refractivity contribution is 0.415. The first-order chi connectivity index (χ1) is 16.6. The second-order valence-electron chi connectivity index (χ2n) is 8.36. The second-order valence-corrected chi connectivity index (χ2v) is 10.9. The number of benzene rings is 1. The number of nitrogens with zero attached hydrogens (tertiary/aromatic N) is 6. The largest absolute Gasteiger partial charge is 0.491 e. The molecule has 0 saturated heterocycles. The molecule has 12 heteroatoms. The molecule has 0 bridgehead atoms. The van der Waals surface area contributed by atoms with Crippen molar-refractivity contribution in [1.29, 1.82) is 0 Å². The molecular formula is C23H28N8O3S. The zero-order valence-electron chi connectivity index (χ0n) is 20.4. The summed E-state index contributed by atoms with van der Waals surface area (Å²) in [7, 11) is 1.82. The van der Waals surface area contributed by atoms with Gasteiger partial charge < -0.3 is 15.0 Å². The van der Waals surface area contributed by atoms with Crippen molar-refractivity contribution in [2.45, 2.75) is 30.9 Å². The van der Waals surface area contributed by atoms with E-state index >= 15 is 0 Å². The van der Waals surface area contributed by atoms with Gasteiger partial charge in [-0.1, -0.05) is 0 Å². The number of aromatic amines is 1. The molecule has 0 radical (unpaired) electrons. The van der Waals surface area contributed by atoms with Crippen LogP contribution in [0.3, 0.4) is 0 Å². The second kappa shape index (κ2) is 9.37. The molecule has 11 nitrogen and oxygen atoms in total. The monoisotopic (exact) mass is 496 g/mol. The SMILES string of the molecule is COc1c(Nc2cc(C)[nH]n2)nc(N(C)c2ccc(S(=O)(=O)C(C)C)cc2)nc1-c1cnn(C)c1. The third-order valence-electron chi connectivity index (χ3n) is 5.46. The van der Waals surface area contributed by atoms with E-state index in [0.29, 0.717) is 29.0 Å². The lowest BCUT2D eigenvalue weighted by atomic mass is 10.2. The Kier molecular flexibility index (Phi) is 6.48. The van der Waals surface area contributed by atoms with Crippen LogP contribution in [0.2, 0.25) is 0 Å². The van der Waals surface area contributed by atoms with Gasteiger partial charge in [-0.25, -0.2) is 13.4 Å². The van der Waals surface area contributed by atoms with E-state index in [2.05, 4.69) is 20.6 Å². The minimum atomic E-state index is -3.37. The average molecular weight is 497 g/mol. The molecule has 0 fully saturated rings. The van der Waals surface area contributed by atoms with Gasteiger partial charge in [0.15, 0.2) is 27.2 Å². The topological polar surface area (TPSA) is 131 Å². The van der Waals surface area contributed by atoms with Crippen LogP contribution in [-0.2, 0) is 16.9 Å². The molecule has 0 amide bonds. The highest BCUT2D eigenvalue weighted by Gasteiger charge is 2.22. The van der Waals surface area contributed by atoms with Crippen LogP contribution in [0.1, 0.15) is 19.5 Å². The smallest absolute Gasteiger partial charge is 0.232 e. The molecule has 4 aromatic rings. The Morgan fingerprint density at radius 2 is 1.89 bits per heavy atom. The molecule has 0 aliphatic carbocycles. The standard InChI is InChI=1S/C23H28N8O3S/c1-14(2)35(32,33)18-9-7-17(8-10-18)31(5)23-26-20(16-12-24-30(4)13-16)21(34-6)22(27-23)25-19-11-15(3)28-29-19/h7-14H,1-6H3,(H2,25,26,27,28,29). The van der Waals surface area contributed by atoms with Gasteiger partial charge in [0, 0.05) is 43.3 Å². The summed E-state index contributed by atoms with van der Waals surface area (Å²) in [5.74, 6) is 1.82. The number of rotatable bonds is 8. The average Bonchev–Trinajstić information content (AvgIpc) is 3.45. The number of aryl methyl sites for hydroxylation is 2. The summed E-state index contributed by atoms with van der Waals surface area (Å²) in [6.45, 7) is 5.23. The van der Waals surface area contributed by atoms with Crippen LogP contribution < -0.4 is 15.0 Å². The minimum Gasteiger partial charge on any atom is -0.491 e. The molecule has 0 aliphatic rings. The Labute approximate surface area is 204 Å². The fourth-order valence-electron chi connectivity index (χ4n) is 3.46. The quantitative estimate of drug-likeness (QED) is 0.375. The van der Waals surface area contributed by atoms with Crippen LogP contribution in [0.25, 0.3) is 11.3 Å². The van der Waals surface area contributed by atoms with Crippen LogP contribution in [0.15, 0.2) is 47.6 Å². The number of nitrogens with one attached hydrogen (secondary N) is 2. The van der Waals surface area contributed by atoms with Crippen molar-refractivity contribution in [2.24, 2.45) is 7.05 Å². The van der Waals surface area contributed by atoms with E-state index in [1.54, 1.807) is 61.0 Å². The molecular weight excluding hydrogens is 468 g/mol. The predicted molar refractivity (Wildman–Crippen MR) is 134 cm³/mol. The highest BCUT2D eigenvalue weighted by Crippen LogP contribution is 2.37. The van der Waals surface area contributed by atoms with Crippen molar-refractivity contribution in [3.05, 3.63) is 48.4 Å². The number of H-pyrrole nitrogens is 1. The molecule has 4 rings (SSSR count). The maximum atomic E-state index is 12.5. The van der Waals surface area contributed by atoms with Crippen LogP contribution >= 0.6 is 0 Å². The minimum absolute atomic E-state index is 0.271. The van der Waals surface area contributed by atoms with Gasteiger partial charge in [0.2, 0.25) is 5.95 Å². The van der Waals surface area contributed by atoms with Gasteiger partial charge in [0.25, 0.3) is 0 Å². The summed E-state index contributed by atoms with van der Waals surface area (Å²) >= 11 is 0. The summed E-state index contributed by atoms with van der Waals surface area (Å²) in [6, 6.07) is 8.51. The Bertz CT molecular complexity index is 1440. The van der Waals surface area contributed by atoms with E-state index in [-0.39, 0.29) is 4.90 Å². The highest BCUT2D eigenvalue weighted by molar-refractivity contribution is 7.92. The zero-order valence-corrected chi connectivity index (χ0v) is 21.3. The van der Waals surface area contributed by atoms with Gasteiger partial charge in [0.05, 0.1) is 23.5 Å². The van der Waals surface area contributed by atoms with Gasteiger partial charge in [-0.3, -0.25) is 9.78 Å². The first kappa shape index (κ1) is 24.2. The molecule has 0 saturated carbocycles. The molecule has 2 N–H and O–H groups in total. The van der Waals surface area contributed by atoms with Crippen LogP contribution in [0.4, 0.5) is 23.3 Å². The van der Waals surface area contributed by atoms with E-state index in [9.17, 15) is 8.42 Å². The number of hydrogen-bond donors (Lipinski definition) is 2. The summed E-state index contributed by atoms with van der Waals surface area (Å²) in [5, 5.41) is 14.1. The van der Waals surface area contributed by atoms with Crippen molar-refractivity contribution in [3.63, 3.8) is 0 Å². The summed E-state index contributed by atoms with van der Waals surface area (Å²) in [6.07, 6.45) is 3.53. The molecule has 3 heterocycles. The molecule has 1 aromatic carbocycles. The molecule has 0 spiro atoms. The van der Waals surface area contributed by atoms with E-state index in [4.69, 9.17) is 14.7 Å². The number of methoxy groups -OCH3 is 1. The Balaban J connectivity index is 1.79.